The van der Waals surface area contributed by atoms with Crippen LogP contribution in [0.4, 0.5) is 0 Å². The zero-order chi connectivity index (χ0) is 48.8. The molecule has 67 heavy (non-hydrogen) atoms. The third-order valence-corrected chi connectivity index (χ3v) is 21.5. The molecule has 0 spiro atoms. The molecule has 0 amide bonds. The first kappa shape index (κ1) is 66.2. The molecule has 0 radical (unpaired) electrons. The van der Waals surface area contributed by atoms with Crippen molar-refractivity contribution in [2.24, 2.45) is 0 Å². The molecule has 0 N–H and O–H groups in total. The van der Waals surface area contributed by atoms with Crippen LogP contribution in [0.2, 0.25) is 4.44 Å². The van der Waals surface area contributed by atoms with Crippen LogP contribution in [0.15, 0.2) is 0 Å². The fourth-order valence-corrected chi connectivity index (χ4v) is 16.6. The van der Waals surface area contributed by atoms with E-state index in [9.17, 15) is 14.4 Å². The van der Waals surface area contributed by atoms with Gasteiger partial charge in [0.1, 0.15) is 0 Å². The molecule has 0 aliphatic heterocycles. The van der Waals surface area contributed by atoms with Crippen LogP contribution in [0.1, 0.15) is 362 Å². The molecule has 0 aliphatic carbocycles. The van der Waals surface area contributed by atoms with Crippen LogP contribution in [-0.4, -0.2) is 37.5 Å². The van der Waals surface area contributed by atoms with E-state index in [0.29, 0.717) is 23.7 Å². The summed E-state index contributed by atoms with van der Waals surface area (Å²) >= 11 is -4.94. The Bertz CT molecular complexity index is 927. The van der Waals surface area contributed by atoms with Crippen LogP contribution in [0.25, 0.3) is 0 Å². The first-order valence-corrected chi connectivity index (χ1v) is 36.1. The summed E-state index contributed by atoms with van der Waals surface area (Å²) in [6, 6.07) is 0. The van der Waals surface area contributed by atoms with Gasteiger partial charge in [0.2, 0.25) is 0 Å². The molecule has 398 valence electrons. The SMILES string of the molecule is CCCCCCCCCCCCCCCC(=O)[O][Sn]([CH2]CCCCCCCCCCC)([O]C(=O)CCCCCCCCCCCCCCC)[O]C(=O)CCCCCCCCCCCCCCC. The fraction of sp³-hybridized carbons (Fsp3) is 0.950. The molecule has 0 unspecified atom stereocenters. The molecule has 0 aromatic heterocycles. The van der Waals surface area contributed by atoms with Gasteiger partial charge in [-0.05, 0) is 0 Å². The molecule has 0 aromatic rings. The van der Waals surface area contributed by atoms with Gasteiger partial charge in [-0.1, -0.05) is 97.8 Å². The van der Waals surface area contributed by atoms with Gasteiger partial charge in [-0.3, -0.25) is 0 Å². The zero-order valence-electron chi connectivity index (χ0n) is 45.9. The minimum absolute atomic E-state index is 0.293. The van der Waals surface area contributed by atoms with Crippen molar-refractivity contribution in [1.82, 2.24) is 0 Å². The molecular formula is C60H118O6Sn. The minimum Gasteiger partial charge on any atom is -0.0654 e. The maximum atomic E-state index is 13.6. The third kappa shape index (κ3) is 50.0. The zero-order valence-corrected chi connectivity index (χ0v) is 48.8. The summed E-state index contributed by atoms with van der Waals surface area (Å²) in [5.41, 5.74) is 0. The Balaban J connectivity index is 5.28. The van der Waals surface area contributed by atoms with Gasteiger partial charge in [-0.2, -0.15) is 0 Å². The third-order valence-electron chi connectivity index (χ3n) is 14.1. The van der Waals surface area contributed by atoms with E-state index in [4.69, 9.17) is 9.22 Å². The van der Waals surface area contributed by atoms with Crippen LogP contribution in [-0.2, 0) is 23.6 Å². The molecule has 0 saturated heterocycles. The van der Waals surface area contributed by atoms with Crippen molar-refractivity contribution in [3.8, 4) is 0 Å². The Morgan fingerprint density at radius 3 is 0.552 bits per heavy atom. The number of carbonyl (C=O) groups excluding carboxylic acids is 3. The normalized spacial score (nSPS) is 11.6. The van der Waals surface area contributed by atoms with E-state index in [1.807, 2.05) is 0 Å². The molecule has 0 atom stereocenters. The summed E-state index contributed by atoms with van der Waals surface area (Å²) in [6.45, 7) is 9.08. The van der Waals surface area contributed by atoms with E-state index in [0.717, 1.165) is 77.0 Å². The summed E-state index contributed by atoms with van der Waals surface area (Å²) in [6.07, 6.45) is 61.1. The number of rotatable bonds is 56. The fourth-order valence-electron chi connectivity index (χ4n) is 9.58. The summed E-state index contributed by atoms with van der Waals surface area (Å²) in [5, 5.41) is 0. The van der Waals surface area contributed by atoms with E-state index >= 15 is 0 Å². The first-order chi connectivity index (χ1) is 32.9. The first-order valence-electron chi connectivity index (χ1n) is 30.6. The van der Waals surface area contributed by atoms with E-state index in [1.165, 1.54) is 238 Å². The molecule has 0 aromatic carbocycles. The maximum absolute atomic E-state index is 13.6. The van der Waals surface area contributed by atoms with E-state index in [1.54, 1.807) is 0 Å². The van der Waals surface area contributed by atoms with Crippen molar-refractivity contribution in [3.05, 3.63) is 0 Å². The Morgan fingerprint density at radius 2 is 0.373 bits per heavy atom. The van der Waals surface area contributed by atoms with Crippen molar-refractivity contribution >= 4 is 37.5 Å². The number of hydrogen-bond acceptors (Lipinski definition) is 6. The van der Waals surface area contributed by atoms with Crippen molar-refractivity contribution in [2.75, 3.05) is 0 Å². The van der Waals surface area contributed by atoms with Crippen LogP contribution >= 0.6 is 0 Å². The van der Waals surface area contributed by atoms with Crippen molar-refractivity contribution < 1.29 is 23.6 Å². The Labute approximate surface area is 424 Å². The van der Waals surface area contributed by atoms with Gasteiger partial charge in [0, 0.05) is 0 Å². The van der Waals surface area contributed by atoms with Gasteiger partial charge < -0.3 is 0 Å². The molecule has 0 fully saturated rings. The molecule has 7 heteroatoms. The Morgan fingerprint density at radius 1 is 0.224 bits per heavy atom. The van der Waals surface area contributed by atoms with Gasteiger partial charge >= 0.3 is 329 Å². The van der Waals surface area contributed by atoms with E-state index in [2.05, 4.69) is 27.7 Å². The van der Waals surface area contributed by atoms with Gasteiger partial charge in [0.15, 0.2) is 0 Å². The predicted molar refractivity (Wildman–Crippen MR) is 292 cm³/mol. The molecule has 0 heterocycles. The molecular weight excluding hydrogens is 935 g/mol. The Hall–Kier alpha value is -0.791. The number of carbonyl (C=O) groups is 3. The molecule has 0 bridgehead atoms. The number of hydrogen-bond donors (Lipinski definition) is 0. The van der Waals surface area contributed by atoms with Crippen LogP contribution in [0.3, 0.4) is 0 Å². The molecule has 0 saturated carbocycles. The van der Waals surface area contributed by atoms with Gasteiger partial charge in [-0.25, -0.2) is 0 Å². The van der Waals surface area contributed by atoms with Gasteiger partial charge in [-0.15, -0.1) is 0 Å². The summed E-state index contributed by atoms with van der Waals surface area (Å²) < 4.78 is 19.3. The topological polar surface area (TPSA) is 78.9 Å². The summed E-state index contributed by atoms with van der Waals surface area (Å²) in [7, 11) is 0. The second-order valence-electron chi connectivity index (χ2n) is 21.0. The monoisotopic (exact) mass is 1050 g/mol. The average Bonchev–Trinajstić information content (AvgIpc) is 3.31. The van der Waals surface area contributed by atoms with Crippen LogP contribution in [0.5, 0.6) is 0 Å². The van der Waals surface area contributed by atoms with Crippen LogP contribution < -0.4 is 0 Å². The Kier molecular flexibility index (Phi) is 53.9. The van der Waals surface area contributed by atoms with Crippen molar-refractivity contribution in [1.29, 1.82) is 0 Å². The van der Waals surface area contributed by atoms with Gasteiger partial charge in [0.25, 0.3) is 0 Å². The predicted octanol–water partition coefficient (Wildman–Crippen LogP) is 20.9. The molecule has 0 aliphatic rings. The van der Waals surface area contributed by atoms with E-state index < -0.39 is 19.6 Å². The second-order valence-corrected chi connectivity index (χ2v) is 28.1. The van der Waals surface area contributed by atoms with Crippen molar-refractivity contribution in [2.45, 2.75) is 366 Å². The average molecular weight is 1050 g/mol. The summed E-state index contributed by atoms with van der Waals surface area (Å²) in [5.74, 6) is -1.02. The second kappa shape index (κ2) is 54.5. The quantitative estimate of drug-likeness (QED) is 0.0446. The summed E-state index contributed by atoms with van der Waals surface area (Å²) in [4.78, 5) is 40.9. The molecule has 6 nitrogen and oxygen atoms in total. The van der Waals surface area contributed by atoms with Crippen molar-refractivity contribution in [3.63, 3.8) is 0 Å². The smallest absolute Gasteiger partial charge is 0.0654 e. The minimum atomic E-state index is -4.94. The van der Waals surface area contributed by atoms with Crippen LogP contribution in [0, 0.1) is 0 Å². The van der Waals surface area contributed by atoms with Gasteiger partial charge in [0.05, 0.1) is 0 Å². The molecule has 0 rings (SSSR count). The standard InChI is InChI=1S/3C16H32O2.C12H25.Sn/c3*1-2-3-4-5-6-7-8-9-10-11-12-13-14-15-16(17)18;1-3-5-7-9-11-12-10-8-6-4-2;/h3*2-15H2,1H3,(H,17,18);1,3-12H2,2H3;/q;;;;+3/p-3. The number of unbranched alkanes of at least 4 members (excludes halogenated alkanes) is 45. The van der Waals surface area contributed by atoms with E-state index in [-0.39, 0.29) is 17.9 Å².